The standard InChI is InChI=1S/C19H20BrN3O2S/c1-4-12-9-10-13(15-8-6-5-7-14(12)15)11-23-17(20)21-22-18(23)26-19(2,3)16(24)25/h5-10H,4,11H2,1-3H3,(H,24,25). The van der Waals surface area contributed by atoms with Crippen molar-refractivity contribution in [3.63, 3.8) is 0 Å². The second-order valence-electron chi connectivity index (χ2n) is 6.54. The summed E-state index contributed by atoms with van der Waals surface area (Å²) in [6.45, 7) is 6.05. The first-order valence-corrected chi connectivity index (χ1v) is 9.95. The summed E-state index contributed by atoms with van der Waals surface area (Å²) in [6.07, 6.45) is 0.977. The van der Waals surface area contributed by atoms with E-state index in [0.717, 1.165) is 12.0 Å². The molecule has 0 unspecified atom stereocenters. The van der Waals surface area contributed by atoms with Crippen LogP contribution in [0.5, 0.6) is 0 Å². The number of thioether (sulfide) groups is 1. The predicted molar refractivity (Wildman–Crippen MR) is 108 cm³/mol. The minimum Gasteiger partial charge on any atom is -0.480 e. The number of fused-ring (bicyclic) bond motifs is 1. The number of aliphatic carboxylic acids is 1. The van der Waals surface area contributed by atoms with Crippen molar-refractivity contribution in [3.8, 4) is 0 Å². The molecule has 2 aromatic carbocycles. The molecule has 0 fully saturated rings. The Morgan fingerprint density at radius 2 is 1.77 bits per heavy atom. The van der Waals surface area contributed by atoms with Gasteiger partial charge >= 0.3 is 5.97 Å². The third-order valence-electron chi connectivity index (χ3n) is 4.35. The Balaban J connectivity index is 2.02. The van der Waals surface area contributed by atoms with Crippen LogP contribution in [0.1, 0.15) is 31.9 Å². The second kappa shape index (κ2) is 7.40. The maximum atomic E-state index is 11.5. The molecule has 0 saturated heterocycles. The van der Waals surface area contributed by atoms with Crippen LogP contribution in [0.25, 0.3) is 10.8 Å². The summed E-state index contributed by atoms with van der Waals surface area (Å²) in [5.74, 6) is -0.883. The number of carboxylic acids is 1. The number of carbonyl (C=O) groups is 1. The second-order valence-corrected chi connectivity index (χ2v) is 8.84. The average Bonchev–Trinajstić information content (AvgIpc) is 2.94. The lowest BCUT2D eigenvalue weighted by atomic mass is 9.98. The predicted octanol–water partition coefficient (Wildman–Crippen LogP) is 4.76. The molecule has 1 aromatic heterocycles. The van der Waals surface area contributed by atoms with Crippen molar-refractivity contribution in [1.29, 1.82) is 0 Å². The molecule has 0 aliphatic carbocycles. The lowest BCUT2D eigenvalue weighted by Gasteiger charge is -2.18. The van der Waals surface area contributed by atoms with Gasteiger partial charge in [-0.15, -0.1) is 10.2 Å². The highest BCUT2D eigenvalue weighted by molar-refractivity contribution is 9.10. The highest BCUT2D eigenvalue weighted by Gasteiger charge is 2.31. The summed E-state index contributed by atoms with van der Waals surface area (Å²) < 4.78 is 1.51. The highest BCUT2D eigenvalue weighted by Crippen LogP contribution is 2.34. The maximum Gasteiger partial charge on any atom is 0.319 e. The third kappa shape index (κ3) is 3.64. The molecule has 1 N–H and O–H groups in total. The van der Waals surface area contributed by atoms with Gasteiger partial charge < -0.3 is 5.11 Å². The molecule has 0 aliphatic rings. The van der Waals surface area contributed by atoms with Crippen molar-refractivity contribution in [2.24, 2.45) is 0 Å². The molecule has 0 bridgehead atoms. The summed E-state index contributed by atoms with van der Waals surface area (Å²) >= 11 is 4.63. The van der Waals surface area contributed by atoms with Crippen molar-refractivity contribution < 1.29 is 9.90 Å². The molecule has 5 nitrogen and oxygen atoms in total. The zero-order chi connectivity index (χ0) is 18.9. The van der Waals surface area contributed by atoms with Gasteiger partial charge in [0.1, 0.15) is 4.75 Å². The van der Waals surface area contributed by atoms with E-state index in [-0.39, 0.29) is 0 Å². The molecule has 7 heteroatoms. The van der Waals surface area contributed by atoms with E-state index in [1.807, 2.05) is 10.6 Å². The Bertz CT molecular complexity index is 969. The van der Waals surface area contributed by atoms with Gasteiger partial charge in [-0.3, -0.25) is 9.36 Å². The number of hydrogen-bond donors (Lipinski definition) is 1. The SMILES string of the molecule is CCc1ccc(Cn2c(Br)nnc2SC(C)(C)C(=O)O)c2ccccc12. The van der Waals surface area contributed by atoms with E-state index >= 15 is 0 Å². The van der Waals surface area contributed by atoms with Gasteiger partial charge in [-0.1, -0.05) is 55.1 Å². The quantitative estimate of drug-likeness (QED) is 0.567. The Kier molecular flexibility index (Phi) is 5.39. The monoisotopic (exact) mass is 433 g/mol. The molecule has 0 aliphatic heterocycles. The smallest absolute Gasteiger partial charge is 0.319 e. The van der Waals surface area contributed by atoms with Crippen LogP contribution in [0.15, 0.2) is 46.3 Å². The van der Waals surface area contributed by atoms with Crippen molar-refractivity contribution in [2.75, 3.05) is 0 Å². The van der Waals surface area contributed by atoms with E-state index in [1.54, 1.807) is 13.8 Å². The molecule has 0 amide bonds. The lowest BCUT2D eigenvalue weighted by molar-refractivity contribution is -0.138. The zero-order valence-corrected chi connectivity index (χ0v) is 17.3. The fourth-order valence-electron chi connectivity index (χ4n) is 2.79. The molecule has 3 aromatic rings. The summed E-state index contributed by atoms with van der Waals surface area (Å²) in [5, 5.41) is 20.7. The minimum atomic E-state index is -0.988. The van der Waals surface area contributed by atoms with Gasteiger partial charge in [-0.25, -0.2) is 0 Å². The van der Waals surface area contributed by atoms with Crippen LogP contribution >= 0.6 is 27.7 Å². The Morgan fingerprint density at radius 1 is 1.15 bits per heavy atom. The third-order valence-corrected chi connectivity index (χ3v) is 6.10. The van der Waals surface area contributed by atoms with Gasteiger partial charge in [0.15, 0.2) is 5.16 Å². The largest absolute Gasteiger partial charge is 0.480 e. The number of rotatable bonds is 6. The maximum absolute atomic E-state index is 11.5. The van der Waals surface area contributed by atoms with Crippen molar-refractivity contribution in [3.05, 3.63) is 52.3 Å². The van der Waals surface area contributed by atoms with Crippen LogP contribution in [0.4, 0.5) is 0 Å². The molecule has 0 radical (unpaired) electrons. The minimum absolute atomic E-state index is 0.566. The van der Waals surface area contributed by atoms with E-state index in [0.29, 0.717) is 16.4 Å². The van der Waals surface area contributed by atoms with E-state index in [1.165, 1.54) is 28.1 Å². The number of aromatic nitrogens is 3. The number of hydrogen-bond acceptors (Lipinski definition) is 4. The summed E-state index contributed by atoms with van der Waals surface area (Å²) in [5.41, 5.74) is 2.46. The number of carboxylic acid groups (broad SMARTS) is 1. The normalized spacial score (nSPS) is 11.8. The molecule has 136 valence electrons. The fraction of sp³-hybridized carbons (Fsp3) is 0.316. The van der Waals surface area contributed by atoms with Crippen LogP contribution in [0, 0.1) is 0 Å². The Labute approximate surface area is 164 Å². The fourth-order valence-corrected chi connectivity index (χ4v) is 4.17. The lowest BCUT2D eigenvalue weighted by Crippen LogP contribution is -2.27. The molecular formula is C19H20BrN3O2S. The summed E-state index contributed by atoms with van der Waals surface area (Å²) in [6, 6.07) is 12.6. The van der Waals surface area contributed by atoms with Gasteiger partial charge in [0, 0.05) is 0 Å². The first-order valence-electron chi connectivity index (χ1n) is 8.34. The van der Waals surface area contributed by atoms with Crippen LogP contribution in [-0.2, 0) is 17.8 Å². The van der Waals surface area contributed by atoms with Crippen molar-refractivity contribution >= 4 is 44.4 Å². The zero-order valence-electron chi connectivity index (χ0n) is 14.9. The first-order chi connectivity index (χ1) is 12.3. The van der Waals surface area contributed by atoms with Gasteiger partial charge in [-0.05, 0) is 58.1 Å². The Hall–Kier alpha value is -1.86. The molecule has 0 spiro atoms. The molecule has 26 heavy (non-hydrogen) atoms. The summed E-state index contributed by atoms with van der Waals surface area (Å²) in [4.78, 5) is 11.5. The van der Waals surface area contributed by atoms with E-state index in [9.17, 15) is 9.90 Å². The van der Waals surface area contributed by atoms with Gasteiger partial charge in [0.05, 0.1) is 6.54 Å². The van der Waals surface area contributed by atoms with Crippen molar-refractivity contribution in [2.45, 2.75) is 43.6 Å². The molecule has 0 saturated carbocycles. The average molecular weight is 434 g/mol. The number of benzene rings is 2. The van der Waals surface area contributed by atoms with E-state index in [2.05, 4.69) is 63.4 Å². The van der Waals surface area contributed by atoms with Gasteiger partial charge in [0.25, 0.3) is 0 Å². The van der Waals surface area contributed by atoms with Crippen LogP contribution in [-0.4, -0.2) is 30.6 Å². The highest BCUT2D eigenvalue weighted by atomic mass is 79.9. The van der Waals surface area contributed by atoms with Gasteiger partial charge in [-0.2, -0.15) is 0 Å². The molecule has 3 rings (SSSR count). The molecule has 0 atom stereocenters. The van der Waals surface area contributed by atoms with E-state index in [4.69, 9.17) is 0 Å². The summed E-state index contributed by atoms with van der Waals surface area (Å²) in [7, 11) is 0. The van der Waals surface area contributed by atoms with Crippen LogP contribution in [0.3, 0.4) is 0 Å². The van der Waals surface area contributed by atoms with Crippen molar-refractivity contribution in [1.82, 2.24) is 14.8 Å². The number of aryl methyl sites for hydroxylation is 1. The number of halogens is 1. The Morgan fingerprint density at radius 3 is 2.38 bits per heavy atom. The topological polar surface area (TPSA) is 68.0 Å². The number of nitrogens with zero attached hydrogens (tertiary/aromatic N) is 3. The molecular weight excluding hydrogens is 414 g/mol. The van der Waals surface area contributed by atoms with E-state index < -0.39 is 10.7 Å². The van der Waals surface area contributed by atoms with Crippen LogP contribution in [0.2, 0.25) is 0 Å². The first kappa shape index (κ1) is 18.9. The van der Waals surface area contributed by atoms with Gasteiger partial charge in [0.2, 0.25) is 4.73 Å². The molecule has 1 heterocycles. The van der Waals surface area contributed by atoms with Crippen LogP contribution < -0.4 is 0 Å².